The minimum Gasteiger partial charge on any atom is -0.444 e. The average molecular weight is 230 g/mol. The summed E-state index contributed by atoms with van der Waals surface area (Å²) in [5.74, 6) is 0. The Kier molecular flexibility index (Phi) is 3.80. The second-order valence-electron chi connectivity index (χ2n) is 5.52. The van der Waals surface area contributed by atoms with Crippen molar-refractivity contribution in [2.24, 2.45) is 5.73 Å². The maximum absolute atomic E-state index is 11.5. The highest BCUT2D eigenvalue weighted by molar-refractivity contribution is 5.68. The van der Waals surface area contributed by atoms with E-state index in [1.807, 2.05) is 20.8 Å². The van der Waals surface area contributed by atoms with Gasteiger partial charge in [-0.15, -0.1) is 0 Å². The van der Waals surface area contributed by atoms with Crippen molar-refractivity contribution in [3.05, 3.63) is 0 Å². The Labute approximate surface area is 96.3 Å². The summed E-state index contributed by atoms with van der Waals surface area (Å²) in [4.78, 5) is 11.5. The molecule has 0 spiro atoms. The van der Waals surface area contributed by atoms with Gasteiger partial charge in [0.15, 0.2) is 0 Å². The Bertz CT molecular complexity index is 248. The van der Waals surface area contributed by atoms with Crippen LogP contribution in [0.5, 0.6) is 0 Å². The van der Waals surface area contributed by atoms with E-state index >= 15 is 0 Å². The normalized spacial score (nSPS) is 30.9. The van der Waals surface area contributed by atoms with Gasteiger partial charge in [-0.2, -0.15) is 0 Å². The number of carbonyl (C=O) groups is 1. The number of ether oxygens (including phenoxy) is 1. The summed E-state index contributed by atoms with van der Waals surface area (Å²) in [5, 5.41) is 12.3. The summed E-state index contributed by atoms with van der Waals surface area (Å²) in [5.41, 5.74) is 4.04. The van der Waals surface area contributed by atoms with Gasteiger partial charge in [0.1, 0.15) is 11.3 Å². The summed E-state index contributed by atoms with van der Waals surface area (Å²) in [6, 6.07) is 0.0543. The maximum Gasteiger partial charge on any atom is 0.407 e. The van der Waals surface area contributed by atoms with Gasteiger partial charge in [0, 0.05) is 6.04 Å². The molecule has 94 valence electrons. The number of hydrogen-bond acceptors (Lipinski definition) is 4. The van der Waals surface area contributed by atoms with Crippen LogP contribution in [0.3, 0.4) is 0 Å². The van der Waals surface area contributed by atoms with Gasteiger partial charge in [0.25, 0.3) is 0 Å². The van der Waals surface area contributed by atoms with Gasteiger partial charge in [-0.3, -0.25) is 0 Å². The van der Waals surface area contributed by atoms with Crippen LogP contribution in [-0.2, 0) is 4.74 Å². The first-order valence-corrected chi connectivity index (χ1v) is 5.69. The molecule has 0 unspecified atom stereocenters. The van der Waals surface area contributed by atoms with E-state index in [1.54, 1.807) is 0 Å². The molecule has 0 aromatic rings. The second-order valence-corrected chi connectivity index (χ2v) is 5.52. The van der Waals surface area contributed by atoms with Crippen LogP contribution >= 0.6 is 0 Å². The van der Waals surface area contributed by atoms with E-state index in [0.29, 0.717) is 25.7 Å². The molecule has 1 amide bonds. The van der Waals surface area contributed by atoms with E-state index in [4.69, 9.17) is 10.5 Å². The van der Waals surface area contributed by atoms with Crippen molar-refractivity contribution >= 4 is 6.09 Å². The van der Waals surface area contributed by atoms with Gasteiger partial charge in [-0.05, 0) is 46.5 Å². The van der Waals surface area contributed by atoms with Crippen LogP contribution < -0.4 is 11.1 Å². The van der Waals surface area contributed by atoms with Crippen LogP contribution in [-0.4, -0.2) is 28.6 Å². The van der Waals surface area contributed by atoms with Gasteiger partial charge in [-0.25, -0.2) is 4.79 Å². The Morgan fingerprint density at radius 1 is 1.44 bits per heavy atom. The summed E-state index contributed by atoms with van der Waals surface area (Å²) in [7, 11) is 0. The lowest BCUT2D eigenvalue weighted by molar-refractivity contribution is -0.000871. The maximum atomic E-state index is 11.5. The smallest absolute Gasteiger partial charge is 0.407 e. The average Bonchev–Trinajstić information content (AvgIpc) is 2.05. The van der Waals surface area contributed by atoms with Gasteiger partial charge in [-0.1, -0.05) is 0 Å². The summed E-state index contributed by atoms with van der Waals surface area (Å²) < 4.78 is 5.15. The molecule has 0 bridgehead atoms. The van der Waals surface area contributed by atoms with E-state index in [1.165, 1.54) is 0 Å². The molecule has 1 aliphatic carbocycles. The summed E-state index contributed by atoms with van der Waals surface area (Å²) >= 11 is 0. The van der Waals surface area contributed by atoms with Crippen molar-refractivity contribution in [3.8, 4) is 0 Å². The number of rotatable bonds is 1. The molecule has 0 radical (unpaired) electrons. The van der Waals surface area contributed by atoms with E-state index < -0.39 is 17.4 Å². The lowest BCUT2D eigenvalue weighted by Gasteiger charge is -2.33. The fraction of sp³-hybridized carbons (Fsp3) is 0.909. The van der Waals surface area contributed by atoms with Gasteiger partial charge < -0.3 is 20.9 Å². The SMILES string of the molecule is CC(C)(C)OC(=O)NC1CCC(N)(O)CC1. The minimum absolute atomic E-state index is 0.0543. The van der Waals surface area contributed by atoms with Crippen LogP contribution in [0.15, 0.2) is 0 Å². The highest BCUT2D eigenvalue weighted by Gasteiger charge is 2.30. The summed E-state index contributed by atoms with van der Waals surface area (Å²) in [6.07, 6.45) is 1.99. The van der Waals surface area contributed by atoms with Gasteiger partial charge >= 0.3 is 6.09 Å². The van der Waals surface area contributed by atoms with Crippen molar-refractivity contribution in [2.45, 2.75) is 63.8 Å². The molecule has 4 N–H and O–H groups in total. The third kappa shape index (κ3) is 4.81. The van der Waals surface area contributed by atoms with Crippen LogP contribution in [0.1, 0.15) is 46.5 Å². The minimum atomic E-state index is -1.06. The van der Waals surface area contributed by atoms with Gasteiger partial charge in [0.05, 0.1) is 0 Å². The van der Waals surface area contributed by atoms with Crippen LogP contribution in [0.4, 0.5) is 4.79 Å². The molecule has 5 nitrogen and oxygen atoms in total. The topological polar surface area (TPSA) is 84.6 Å². The molecular formula is C11H22N2O3. The lowest BCUT2D eigenvalue weighted by Crippen LogP contribution is -2.48. The molecule has 0 heterocycles. The predicted molar refractivity (Wildman–Crippen MR) is 60.8 cm³/mol. The van der Waals surface area contributed by atoms with Crippen molar-refractivity contribution in [2.75, 3.05) is 0 Å². The number of amides is 1. The number of aliphatic hydroxyl groups is 1. The van der Waals surface area contributed by atoms with Crippen molar-refractivity contribution < 1.29 is 14.6 Å². The first kappa shape index (κ1) is 13.3. The lowest BCUT2D eigenvalue weighted by atomic mass is 9.89. The fourth-order valence-corrected chi connectivity index (χ4v) is 1.74. The quantitative estimate of drug-likeness (QED) is 0.589. The molecule has 1 saturated carbocycles. The molecule has 0 aromatic heterocycles. The van der Waals surface area contributed by atoms with Crippen LogP contribution in [0.2, 0.25) is 0 Å². The Morgan fingerprint density at radius 2 is 1.94 bits per heavy atom. The largest absolute Gasteiger partial charge is 0.444 e. The second kappa shape index (κ2) is 4.59. The molecule has 0 aromatic carbocycles. The molecule has 1 aliphatic rings. The molecule has 0 aliphatic heterocycles. The molecule has 5 heteroatoms. The third-order valence-corrected chi connectivity index (χ3v) is 2.57. The zero-order valence-electron chi connectivity index (χ0n) is 10.2. The number of nitrogens with two attached hydrogens (primary N) is 1. The Hall–Kier alpha value is -0.810. The fourth-order valence-electron chi connectivity index (χ4n) is 1.74. The highest BCUT2D eigenvalue weighted by atomic mass is 16.6. The third-order valence-electron chi connectivity index (χ3n) is 2.57. The van der Waals surface area contributed by atoms with E-state index in [-0.39, 0.29) is 6.04 Å². The van der Waals surface area contributed by atoms with Gasteiger partial charge in [0.2, 0.25) is 0 Å². The molecule has 0 atom stereocenters. The van der Waals surface area contributed by atoms with Crippen molar-refractivity contribution in [1.82, 2.24) is 5.32 Å². The number of nitrogens with one attached hydrogen (secondary N) is 1. The van der Waals surface area contributed by atoms with Crippen molar-refractivity contribution in [3.63, 3.8) is 0 Å². The first-order valence-electron chi connectivity index (χ1n) is 5.69. The zero-order chi connectivity index (χ0) is 12.4. The van der Waals surface area contributed by atoms with Crippen LogP contribution in [0, 0.1) is 0 Å². The van der Waals surface area contributed by atoms with E-state index in [9.17, 15) is 9.90 Å². The Balaban J connectivity index is 2.32. The number of hydrogen-bond donors (Lipinski definition) is 3. The molecule has 0 saturated heterocycles. The predicted octanol–water partition coefficient (Wildman–Crippen LogP) is 1.10. The van der Waals surface area contributed by atoms with Crippen molar-refractivity contribution in [1.29, 1.82) is 0 Å². The molecule has 1 rings (SSSR count). The molecule has 1 fully saturated rings. The number of alkyl carbamates (subject to hydrolysis) is 1. The first-order chi connectivity index (χ1) is 7.18. The van der Waals surface area contributed by atoms with E-state index in [0.717, 1.165) is 0 Å². The standard InChI is InChI=1S/C11H22N2O3/c1-10(2,3)16-9(14)13-8-4-6-11(12,15)7-5-8/h8,15H,4-7,12H2,1-3H3,(H,13,14). The van der Waals surface area contributed by atoms with E-state index in [2.05, 4.69) is 5.32 Å². The molecule has 16 heavy (non-hydrogen) atoms. The highest BCUT2D eigenvalue weighted by Crippen LogP contribution is 2.24. The summed E-state index contributed by atoms with van der Waals surface area (Å²) in [6.45, 7) is 5.48. The number of carbonyl (C=O) groups excluding carboxylic acids is 1. The zero-order valence-corrected chi connectivity index (χ0v) is 10.2. The van der Waals surface area contributed by atoms with Crippen LogP contribution in [0.25, 0.3) is 0 Å². The molecular weight excluding hydrogens is 208 g/mol. The Morgan fingerprint density at radius 3 is 2.38 bits per heavy atom. The monoisotopic (exact) mass is 230 g/mol.